The molecule has 0 aliphatic carbocycles. The zero-order valence-corrected chi connectivity index (χ0v) is 12.6. The number of hydrogen-bond acceptors (Lipinski definition) is 3. The summed E-state index contributed by atoms with van der Waals surface area (Å²) in [4.78, 5) is 24.0. The molecule has 0 heterocycles. The first-order valence-electron chi connectivity index (χ1n) is 5.41. The molecule has 0 spiro atoms. The van der Waals surface area contributed by atoms with Gasteiger partial charge in [0.2, 0.25) is 5.91 Å². The van der Waals surface area contributed by atoms with Crippen LogP contribution >= 0.6 is 28.6 Å². The zero-order valence-electron chi connectivity index (χ0n) is 10.1. The number of hydrogen-bond donors (Lipinski definition) is 3. The van der Waals surface area contributed by atoms with Gasteiger partial charge in [0.25, 0.3) is 5.91 Å². The largest absolute Gasteiger partial charge is 0.368 e. The lowest BCUT2D eigenvalue weighted by atomic mass is 10.0. The number of primary amides is 1. The number of thiol groups is 1. The molecule has 18 heavy (non-hydrogen) atoms. The Morgan fingerprint density at radius 1 is 1.39 bits per heavy atom. The fraction of sp³-hybridized carbons (Fsp3) is 0.333. The van der Waals surface area contributed by atoms with E-state index >= 15 is 0 Å². The summed E-state index contributed by atoms with van der Waals surface area (Å²) in [6.45, 7) is 3.64. The molecule has 3 N–H and O–H groups in total. The van der Waals surface area contributed by atoms with Crippen LogP contribution in [0.15, 0.2) is 27.6 Å². The molecule has 0 aromatic heterocycles. The molecule has 4 nitrogen and oxygen atoms in total. The molecule has 0 saturated heterocycles. The quantitative estimate of drug-likeness (QED) is 0.738. The molecule has 2 amide bonds. The molecule has 0 fully saturated rings. The minimum atomic E-state index is -0.687. The fourth-order valence-corrected chi connectivity index (χ4v) is 2.10. The van der Waals surface area contributed by atoms with Gasteiger partial charge < -0.3 is 11.1 Å². The minimum Gasteiger partial charge on any atom is -0.368 e. The lowest BCUT2D eigenvalue weighted by Crippen LogP contribution is -2.47. The van der Waals surface area contributed by atoms with Gasteiger partial charge in [-0.25, -0.2) is 0 Å². The molecule has 1 rings (SSSR count). The third kappa shape index (κ3) is 3.74. The lowest BCUT2D eigenvalue weighted by Gasteiger charge is -2.19. The van der Waals surface area contributed by atoms with E-state index in [0.29, 0.717) is 14.9 Å². The Hall–Kier alpha value is -1.01. The van der Waals surface area contributed by atoms with E-state index in [-0.39, 0.29) is 11.8 Å². The van der Waals surface area contributed by atoms with E-state index < -0.39 is 11.9 Å². The maximum absolute atomic E-state index is 12.1. The number of halogens is 1. The predicted octanol–water partition coefficient (Wildman–Crippen LogP) is 1.98. The van der Waals surface area contributed by atoms with E-state index in [2.05, 4.69) is 33.9 Å². The Labute approximate surface area is 120 Å². The number of benzene rings is 1. The first-order valence-corrected chi connectivity index (χ1v) is 6.65. The van der Waals surface area contributed by atoms with Crippen molar-refractivity contribution >= 4 is 40.4 Å². The van der Waals surface area contributed by atoms with E-state index in [1.807, 2.05) is 13.8 Å². The Morgan fingerprint density at radius 2 is 2.00 bits per heavy atom. The van der Waals surface area contributed by atoms with Crippen molar-refractivity contribution in [3.05, 3.63) is 28.2 Å². The molecular formula is C12H15BrN2O2S. The third-order valence-corrected chi connectivity index (χ3v) is 3.42. The number of amides is 2. The Balaban J connectivity index is 2.94. The molecule has 1 aromatic carbocycles. The van der Waals surface area contributed by atoms with Crippen molar-refractivity contribution in [2.45, 2.75) is 24.8 Å². The van der Waals surface area contributed by atoms with Crippen LogP contribution < -0.4 is 11.1 Å². The van der Waals surface area contributed by atoms with Crippen LogP contribution in [0.3, 0.4) is 0 Å². The molecule has 1 aromatic rings. The highest BCUT2D eigenvalue weighted by Crippen LogP contribution is 2.20. The van der Waals surface area contributed by atoms with Crippen LogP contribution in [0, 0.1) is 5.92 Å². The molecular weight excluding hydrogens is 316 g/mol. The minimum absolute atomic E-state index is 0.0654. The van der Waals surface area contributed by atoms with E-state index in [4.69, 9.17) is 5.73 Å². The van der Waals surface area contributed by atoms with E-state index in [1.54, 1.807) is 18.2 Å². The van der Waals surface area contributed by atoms with Gasteiger partial charge >= 0.3 is 0 Å². The summed E-state index contributed by atoms with van der Waals surface area (Å²) < 4.78 is 0.643. The van der Waals surface area contributed by atoms with Crippen molar-refractivity contribution in [1.82, 2.24) is 5.32 Å². The summed E-state index contributed by atoms with van der Waals surface area (Å²) in [5.41, 5.74) is 5.68. The van der Waals surface area contributed by atoms with Crippen LogP contribution in [0.25, 0.3) is 0 Å². The molecule has 1 unspecified atom stereocenters. The first-order chi connectivity index (χ1) is 8.32. The Kier molecular flexibility index (Phi) is 5.22. The second-order valence-electron chi connectivity index (χ2n) is 4.26. The van der Waals surface area contributed by atoms with Crippen LogP contribution in [-0.4, -0.2) is 17.9 Å². The third-order valence-electron chi connectivity index (χ3n) is 2.45. The zero-order chi connectivity index (χ0) is 13.9. The van der Waals surface area contributed by atoms with E-state index in [9.17, 15) is 9.59 Å². The van der Waals surface area contributed by atoms with Gasteiger partial charge in [0.15, 0.2) is 0 Å². The van der Waals surface area contributed by atoms with E-state index in [1.165, 1.54) is 0 Å². The van der Waals surface area contributed by atoms with Gasteiger partial charge in [0.05, 0.1) is 5.56 Å². The number of nitrogens with two attached hydrogens (primary N) is 1. The normalized spacial score (nSPS) is 12.3. The summed E-state index contributed by atoms with van der Waals surface area (Å²) in [7, 11) is 0. The van der Waals surface area contributed by atoms with Crippen LogP contribution in [0.2, 0.25) is 0 Å². The number of rotatable bonds is 4. The SMILES string of the molecule is CC(C)C(NC(=O)c1cc(S)ccc1Br)C(N)=O. The van der Waals surface area contributed by atoms with Crippen LogP contribution in [0.1, 0.15) is 24.2 Å². The van der Waals surface area contributed by atoms with Gasteiger partial charge in [0, 0.05) is 9.37 Å². The van der Waals surface area contributed by atoms with E-state index in [0.717, 1.165) is 0 Å². The van der Waals surface area contributed by atoms with Crippen molar-refractivity contribution in [3.63, 3.8) is 0 Å². The number of nitrogens with one attached hydrogen (secondary N) is 1. The number of carbonyl (C=O) groups excluding carboxylic acids is 2. The van der Waals surface area contributed by atoms with Crippen molar-refractivity contribution in [3.8, 4) is 0 Å². The predicted molar refractivity (Wildman–Crippen MR) is 76.7 cm³/mol. The average molecular weight is 331 g/mol. The lowest BCUT2D eigenvalue weighted by molar-refractivity contribution is -0.120. The van der Waals surface area contributed by atoms with Gasteiger partial charge in [0.1, 0.15) is 6.04 Å². The summed E-state index contributed by atoms with van der Waals surface area (Å²) in [6.07, 6.45) is 0. The van der Waals surface area contributed by atoms with Gasteiger partial charge in [-0.1, -0.05) is 13.8 Å². The fourth-order valence-electron chi connectivity index (χ4n) is 1.47. The first kappa shape index (κ1) is 15.0. The molecule has 6 heteroatoms. The summed E-state index contributed by atoms with van der Waals surface area (Å²) >= 11 is 7.46. The van der Waals surface area contributed by atoms with Crippen LogP contribution in [0.5, 0.6) is 0 Å². The van der Waals surface area contributed by atoms with Crippen molar-refractivity contribution in [2.24, 2.45) is 11.7 Å². The van der Waals surface area contributed by atoms with Gasteiger partial charge in [-0.15, -0.1) is 12.6 Å². The Morgan fingerprint density at radius 3 is 2.50 bits per heavy atom. The van der Waals surface area contributed by atoms with Crippen molar-refractivity contribution in [2.75, 3.05) is 0 Å². The summed E-state index contributed by atoms with van der Waals surface area (Å²) in [6, 6.07) is 4.43. The highest BCUT2D eigenvalue weighted by Gasteiger charge is 2.23. The molecule has 0 radical (unpaired) electrons. The summed E-state index contributed by atoms with van der Waals surface area (Å²) in [5, 5.41) is 2.62. The molecule has 0 aliphatic heterocycles. The second-order valence-corrected chi connectivity index (χ2v) is 5.63. The number of carbonyl (C=O) groups is 2. The highest BCUT2D eigenvalue weighted by molar-refractivity contribution is 9.10. The van der Waals surface area contributed by atoms with Gasteiger partial charge in [-0.2, -0.15) is 0 Å². The summed E-state index contributed by atoms with van der Waals surface area (Å²) in [5.74, 6) is -0.962. The van der Waals surface area contributed by atoms with Crippen LogP contribution in [-0.2, 0) is 4.79 Å². The maximum Gasteiger partial charge on any atom is 0.253 e. The second kappa shape index (κ2) is 6.24. The van der Waals surface area contributed by atoms with Gasteiger partial charge in [-0.05, 0) is 40.0 Å². The molecule has 0 saturated carbocycles. The van der Waals surface area contributed by atoms with Crippen molar-refractivity contribution < 1.29 is 9.59 Å². The van der Waals surface area contributed by atoms with Crippen LogP contribution in [0.4, 0.5) is 0 Å². The van der Waals surface area contributed by atoms with Gasteiger partial charge in [-0.3, -0.25) is 9.59 Å². The molecule has 98 valence electrons. The topological polar surface area (TPSA) is 72.2 Å². The van der Waals surface area contributed by atoms with Crippen molar-refractivity contribution in [1.29, 1.82) is 0 Å². The Bertz CT molecular complexity index is 477. The molecule has 1 atom stereocenters. The monoisotopic (exact) mass is 330 g/mol. The average Bonchev–Trinajstić information content (AvgIpc) is 2.28. The molecule has 0 aliphatic rings. The highest BCUT2D eigenvalue weighted by atomic mass is 79.9. The maximum atomic E-state index is 12.1. The molecule has 0 bridgehead atoms. The standard InChI is InChI=1S/C12H15BrN2O2S/c1-6(2)10(11(14)16)15-12(17)8-5-7(18)3-4-9(8)13/h3-6,10,18H,1-2H3,(H2,14,16)(H,15,17). The smallest absolute Gasteiger partial charge is 0.253 e.